The molecule has 0 fully saturated rings. The van der Waals surface area contributed by atoms with E-state index in [4.69, 9.17) is 0 Å². The molecule has 0 atom stereocenters. The molecule has 0 unspecified atom stereocenters. The summed E-state index contributed by atoms with van der Waals surface area (Å²) in [6, 6.07) is 0.428. The molecule has 1 aromatic heterocycles. The highest BCUT2D eigenvalue weighted by Crippen LogP contribution is 2.30. The molecule has 0 radical (unpaired) electrons. The highest BCUT2D eigenvalue weighted by atomic mass is 79.9. The maximum absolute atomic E-state index is 4.45. The number of rotatable bonds is 8. The van der Waals surface area contributed by atoms with Crippen molar-refractivity contribution in [2.24, 2.45) is 0 Å². The normalized spacial score (nSPS) is 10.8. The quantitative estimate of drug-likeness (QED) is 0.730. The summed E-state index contributed by atoms with van der Waals surface area (Å²) in [5.41, 5.74) is 0. The fourth-order valence-corrected chi connectivity index (χ4v) is 2.56. The van der Waals surface area contributed by atoms with Gasteiger partial charge in [0.1, 0.15) is 22.4 Å². The number of nitrogens with zero attached hydrogens (tertiary/aromatic N) is 3. The van der Waals surface area contributed by atoms with Crippen LogP contribution in [0.2, 0.25) is 0 Å². The Morgan fingerprint density at radius 2 is 2.00 bits per heavy atom. The lowest BCUT2D eigenvalue weighted by molar-refractivity contribution is 0.618. The molecule has 0 aromatic carbocycles. The van der Waals surface area contributed by atoms with Crippen LogP contribution >= 0.6 is 15.9 Å². The predicted molar refractivity (Wildman–Crippen MR) is 85.9 cm³/mol. The maximum Gasteiger partial charge on any atom is 0.148 e. The summed E-state index contributed by atoms with van der Waals surface area (Å²) in [6.07, 6.45) is 5.32. The summed E-state index contributed by atoms with van der Waals surface area (Å²) in [4.78, 5) is 11.1. The molecule has 0 bridgehead atoms. The lowest BCUT2D eigenvalue weighted by Crippen LogP contribution is -2.33. The zero-order chi connectivity index (χ0) is 14.3. The Kier molecular flexibility index (Phi) is 7.13. The molecule has 0 aliphatic heterocycles. The fourth-order valence-electron chi connectivity index (χ4n) is 1.99. The molecule has 0 spiro atoms. The first-order valence-corrected chi connectivity index (χ1v) is 7.92. The first kappa shape index (κ1) is 16.2. The van der Waals surface area contributed by atoms with Crippen molar-refractivity contribution in [3.05, 3.63) is 10.8 Å². The van der Waals surface area contributed by atoms with Gasteiger partial charge in [-0.3, -0.25) is 0 Å². The highest BCUT2D eigenvalue weighted by Gasteiger charge is 2.17. The van der Waals surface area contributed by atoms with Crippen molar-refractivity contribution in [3.63, 3.8) is 0 Å². The third-order valence-corrected chi connectivity index (χ3v) is 3.74. The Morgan fingerprint density at radius 3 is 2.58 bits per heavy atom. The molecule has 0 amide bonds. The SMILES string of the molecule is CCCCCN(c1ncnc(NCC)c1Br)C(C)C. The van der Waals surface area contributed by atoms with Crippen molar-refractivity contribution in [3.8, 4) is 0 Å². The molecular formula is C14H25BrN4. The second-order valence-corrected chi connectivity index (χ2v) is 5.68. The second-order valence-electron chi connectivity index (χ2n) is 4.88. The first-order valence-electron chi connectivity index (χ1n) is 7.12. The molecule has 1 heterocycles. The van der Waals surface area contributed by atoms with Crippen molar-refractivity contribution in [1.82, 2.24) is 9.97 Å². The van der Waals surface area contributed by atoms with Gasteiger partial charge < -0.3 is 10.2 Å². The summed E-state index contributed by atoms with van der Waals surface area (Å²) in [6.45, 7) is 10.6. The van der Waals surface area contributed by atoms with Gasteiger partial charge in [0.2, 0.25) is 0 Å². The smallest absolute Gasteiger partial charge is 0.148 e. The first-order chi connectivity index (χ1) is 9.11. The second kappa shape index (κ2) is 8.35. The average Bonchev–Trinajstić information content (AvgIpc) is 2.38. The van der Waals surface area contributed by atoms with Crippen LogP contribution in [0.25, 0.3) is 0 Å². The zero-order valence-electron chi connectivity index (χ0n) is 12.4. The Balaban J connectivity index is 2.92. The standard InChI is InChI=1S/C14H25BrN4/c1-5-7-8-9-19(11(3)4)14-12(15)13(16-6-2)17-10-18-14/h10-11H,5-9H2,1-4H3,(H,16,17,18). The third kappa shape index (κ3) is 4.64. The van der Waals surface area contributed by atoms with Crippen molar-refractivity contribution in [2.75, 3.05) is 23.3 Å². The number of aromatic nitrogens is 2. The van der Waals surface area contributed by atoms with Gasteiger partial charge in [0.25, 0.3) is 0 Å². The molecule has 19 heavy (non-hydrogen) atoms. The number of anilines is 2. The van der Waals surface area contributed by atoms with Crippen molar-refractivity contribution < 1.29 is 0 Å². The Bertz CT molecular complexity index is 382. The number of halogens is 1. The minimum atomic E-state index is 0.428. The van der Waals surface area contributed by atoms with E-state index in [1.807, 2.05) is 0 Å². The fraction of sp³-hybridized carbons (Fsp3) is 0.714. The molecule has 0 aliphatic carbocycles. The Labute approximate surface area is 125 Å². The molecule has 1 aromatic rings. The lowest BCUT2D eigenvalue weighted by Gasteiger charge is -2.29. The van der Waals surface area contributed by atoms with Crippen molar-refractivity contribution in [1.29, 1.82) is 0 Å². The van der Waals surface area contributed by atoms with Gasteiger partial charge in [0, 0.05) is 19.1 Å². The van der Waals surface area contributed by atoms with Crippen LogP contribution < -0.4 is 10.2 Å². The zero-order valence-corrected chi connectivity index (χ0v) is 14.0. The van der Waals surface area contributed by atoms with Gasteiger partial charge in [-0.15, -0.1) is 0 Å². The van der Waals surface area contributed by atoms with Gasteiger partial charge >= 0.3 is 0 Å². The summed E-state index contributed by atoms with van der Waals surface area (Å²) in [5.74, 6) is 1.85. The van der Waals surface area contributed by atoms with Crippen molar-refractivity contribution in [2.45, 2.75) is 53.0 Å². The van der Waals surface area contributed by atoms with Gasteiger partial charge in [-0.05, 0) is 43.1 Å². The van der Waals surface area contributed by atoms with E-state index in [0.29, 0.717) is 6.04 Å². The van der Waals surface area contributed by atoms with Gasteiger partial charge in [-0.1, -0.05) is 19.8 Å². The van der Waals surface area contributed by atoms with Crippen LogP contribution in [0.4, 0.5) is 11.6 Å². The van der Waals surface area contributed by atoms with E-state index in [0.717, 1.165) is 29.2 Å². The van der Waals surface area contributed by atoms with Crippen LogP contribution in [0.15, 0.2) is 10.8 Å². The lowest BCUT2D eigenvalue weighted by atomic mass is 10.2. The van der Waals surface area contributed by atoms with E-state index in [2.05, 4.69) is 63.8 Å². The third-order valence-electron chi connectivity index (χ3n) is 3.01. The van der Waals surface area contributed by atoms with Gasteiger partial charge in [0.15, 0.2) is 0 Å². The van der Waals surface area contributed by atoms with E-state index >= 15 is 0 Å². The van der Waals surface area contributed by atoms with Crippen molar-refractivity contribution >= 4 is 27.6 Å². The predicted octanol–water partition coefficient (Wildman–Crippen LogP) is 4.08. The average molecular weight is 329 g/mol. The molecule has 108 valence electrons. The summed E-state index contributed by atoms with van der Waals surface area (Å²) in [7, 11) is 0. The Morgan fingerprint density at radius 1 is 1.26 bits per heavy atom. The maximum atomic E-state index is 4.45. The van der Waals surface area contributed by atoms with Gasteiger partial charge in [0.05, 0.1) is 0 Å². The molecule has 4 nitrogen and oxygen atoms in total. The largest absolute Gasteiger partial charge is 0.369 e. The van der Waals surface area contributed by atoms with Crippen LogP contribution in [0.1, 0.15) is 47.0 Å². The van der Waals surface area contributed by atoms with Crippen LogP contribution in [-0.4, -0.2) is 29.1 Å². The number of hydrogen-bond acceptors (Lipinski definition) is 4. The van der Waals surface area contributed by atoms with Gasteiger partial charge in [-0.25, -0.2) is 9.97 Å². The Hall–Kier alpha value is -0.840. The summed E-state index contributed by atoms with van der Waals surface area (Å²) < 4.78 is 0.960. The molecule has 0 saturated carbocycles. The van der Waals surface area contributed by atoms with Crippen LogP contribution in [0.5, 0.6) is 0 Å². The molecule has 0 saturated heterocycles. The van der Waals surface area contributed by atoms with Crippen LogP contribution in [0.3, 0.4) is 0 Å². The molecule has 0 aliphatic rings. The van der Waals surface area contributed by atoms with E-state index in [-0.39, 0.29) is 0 Å². The minimum absolute atomic E-state index is 0.428. The molecular weight excluding hydrogens is 304 g/mol. The highest BCUT2D eigenvalue weighted by molar-refractivity contribution is 9.10. The summed E-state index contributed by atoms with van der Waals surface area (Å²) in [5, 5.41) is 3.25. The van der Waals surface area contributed by atoms with E-state index in [9.17, 15) is 0 Å². The summed E-state index contributed by atoms with van der Waals surface area (Å²) >= 11 is 3.63. The monoisotopic (exact) mass is 328 g/mol. The van der Waals surface area contributed by atoms with Crippen LogP contribution in [0, 0.1) is 0 Å². The van der Waals surface area contributed by atoms with E-state index < -0.39 is 0 Å². The van der Waals surface area contributed by atoms with Gasteiger partial charge in [-0.2, -0.15) is 0 Å². The molecule has 5 heteroatoms. The van der Waals surface area contributed by atoms with E-state index in [1.165, 1.54) is 19.3 Å². The number of unbranched alkanes of at least 4 members (excludes halogenated alkanes) is 2. The molecule has 1 rings (SSSR count). The minimum Gasteiger partial charge on any atom is -0.369 e. The van der Waals surface area contributed by atoms with E-state index in [1.54, 1.807) is 6.33 Å². The number of nitrogens with one attached hydrogen (secondary N) is 1. The molecule has 1 N–H and O–H groups in total. The van der Waals surface area contributed by atoms with Crippen LogP contribution in [-0.2, 0) is 0 Å². The topological polar surface area (TPSA) is 41.1 Å². The number of hydrogen-bond donors (Lipinski definition) is 1.